The van der Waals surface area contributed by atoms with E-state index in [0.717, 1.165) is 17.1 Å². The molecule has 0 radical (unpaired) electrons. The van der Waals surface area contributed by atoms with Gasteiger partial charge in [0.25, 0.3) is 0 Å². The first-order valence-electron chi connectivity index (χ1n) is 7.36. The molecule has 1 aromatic rings. The van der Waals surface area contributed by atoms with E-state index in [1.54, 1.807) is 6.07 Å². The highest BCUT2D eigenvalue weighted by molar-refractivity contribution is 7.89. The van der Waals surface area contributed by atoms with Gasteiger partial charge in [0.15, 0.2) is 0 Å². The van der Waals surface area contributed by atoms with Crippen molar-refractivity contribution < 1.29 is 23.1 Å². The summed E-state index contributed by atoms with van der Waals surface area (Å²) in [4.78, 5) is 11.0. The van der Waals surface area contributed by atoms with Crippen molar-refractivity contribution in [2.45, 2.75) is 37.1 Å². The molecule has 0 saturated heterocycles. The highest BCUT2D eigenvalue weighted by Crippen LogP contribution is 2.32. The van der Waals surface area contributed by atoms with Crippen LogP contribution < -0.4 is 4.74 Å². The fourth-order valence-corrected chi connectivity index (χ4v) is 3.90. The van der Waals surface area contributed by atoms with E-state index in [1.165, 1.54) is 32.5 Å². The molecule has 1 atom stereocenters. The van der Waals surface area contributed by atoms with E-state index in [-0.39, 0.29) is 15.7 Å². The van der Waals surface area contributed by atoms with Gasteiger partial charge >= 0.3 is 5.97 Å². The summed E-state index contributed by atoms with van der Waals surface area (Å²) >= 11 is 5.92. The second-order valence-corrected chi connectivity index (χ2v) is 8.14. The summed E-state index contributed by atoms with van der Waals surface area (Å²) in [5, 5.41) is 9.29. The van der Waals surface area contributed by atoms with Gasteiger partial charge in [-0.1, -0.05) is 18.0 Å². The number of rotatable bonds is 7. The molecule has 1 aromatic carbocycles. The second-order valence-electron chi connectivity index (χ2n) is 5.73. The summed E-state index contributed by atoms with van der Waals surface area (Å²) in [6, 6.07) is 3.15. The smallest absolute Gasteiger partial charge is 0.321 e. The maximum Gasteiger partial charge on any atom is 0.321 e. The van der Waals surface area contributed by atoms with Crippen molar-refractivity contribution >= 4 is 27.6 Å². The Labute approximate surface area is 141 Å². The quantitative estimate of drug-likeness (QED) is 0.807. The summed E-state index contributed by atoms with van der Waals surface area (Å²) < 4.78 is 31.9. The molecule has 1 fully saturated rings. The van der Waals surface area contributed by atoms with Crippen molar-refractivity contribution in [3.05, 3.63) is 23.2 Å². The molecular weight excluding hydrogens is 342 g/mol. The largest absolute Gasteiger partial charge is 0.492 e. The van der Waals surface area contributed by atoms with Gasteiger partial charge in [0, 0.05) is 12.1 Å². The lowest BCUT2D eigenvalue weighted by atomic mass is 9.86. The molecule has 1 aliphatic carbocycles. The number of ether oxygens (including phenoxy) is 1. The van der Waals surface area contributed by atoms with Crippen LogP contribution in [-0.4, -0.2) is 43.5 Å². The van der Waals surface area contributed by atoms with Crippen molar-refractivity contribution in [2.75, 3.05) is 13.7 Å². The average molecular weight is 362 g/mol. The first-order valence-corrected chi connectivity index (χ1v) is 9.18. The fourth-order valence-electron chi connectivity index (χ4n) is 2.19. The van der Waals surface area contributed by atoms with E-state index in [2.05, 4.69) is 0 Å². The molecule has 0 heterocycles. The van der Waals surface area contributed by atoms with Crippen LogP contribution >= 0.6 is 11.6 Å². The number of hydrogen-bond donors (Lipinski definition) is 1. The third kappa shape index (κ3) is 3.97. The van der Waals surface area contributed by atoms with Crippen molar-refractivity contribution in [3.63, 3.8) is 0 Å². The van der Waals surface area contributed by atoms with Gasteiger partial charge in [0.05, 0.1) is 6.61 Å². The van der Waals surface area contributed by atoms with Gasteiger partial charge in [0.2, 0.25) is 10.0 Å². The van der Waals surface area contributed by atoms with E-state index in [9.17, 15) is 13.2 Å². The molecule has 0 bridgehead atoms. The molecular formula is C15H20ClNO5S. The number of likely N-dealkylation sites (N-methyl/N-ethyl adjacent to an activating group) is 1. The van der Waals surface area contributed by atoms with Crippen LogP contribution in [0.3, 0.4) is 0 Å². The molecule has 23 heavy (non-hydrogen) atoms. The third-order valence-corrected chi connectivity index (χ3v) is 6.35. The Kier molecular flexibility index (Phi) is 5.54. The fraction of sp³-hybridized carbons (Fsp3) is 0.533. The molecule has 128 valence electrons. The topological polar surface area (TPSA) is 83.9 Å². The minimum atomic E-state index is -4.03. The summed E-state index contributed by atoms with van der Waals surface area (Å²) in [5.74, 6) is -0.585. The number of benzene rings is 1. The van der Waals surface area contributed by atoms with Crippen LogP contribution in [0.4, 0.5) is 0 Å². The van der Waals surface area contributed by atoms with Crippen molar-refractivity contribution in [3.8, 4) is 5.75 Å². The van der Waals surface area contributed by atoms with Crippen molar-refractivity contribution in [2.24, 2.45) is 5.92 Å². The Morgan fingerprint density at radius 3 is 2.65 bits per heavy atom. The van der Waals surface area contributed by atoms with Crippen LogP contribution in [0.5, 0.6) is 5.75 Å². The number of halogens is 1. The van der Waals surface area contributed by atoms with Gasteiger partial charge in [0.1, 0.15) is 16.7 Å². The lowest BCUT2D eigenvalue weighted by Crippen LogP contribution is -2.40. The maximum absolute atomic E-state index is 12.7. The average Bonchev–Trinajstić information content (AvgIpc) is 2.45. The molecule has 0 aromatic heterocycles. The van der Waals surface area contributed by atoms with Gasteiger partial charge in [-0.3, -0.25) is 4.79 Å². The minimum Gasteiger partial charge on any atom is -0.492 e. The second kappa shape index (κ2) is 7.07. The molecule has 0 aliphatic heterocycles. The maximum atomic E-state index is 12.7. The van der Waals surface area contributed by atoms with Crippen molar-refractivity contribution in [1.29, 1.82) is 0 Å². The number of nitrogens with zero attached hydrogens (tertiary/aromatic N) is 1. The molecule has 1 unspecified atom stereocenters. The molecule has 0 spiro atoms. The van der Waals surface area contributed by atoms with Gasteiger partial charge in [-0.2, -0.15) is 4.31 Å². The summed E-state index contributed by atoms with van der Waals surface area (Å²) in [6.45, 7) is 1.75. The zero-order valence-corrected chi connectivity index (χ0v) is 14.6. The van der Waals surface area contributed by atoms with Crippen LogP contribution in [0.15, 0.2) is 23.1 Å². The molecule has 1 N–H and O–H groups in total. The Morgan fingerprint density at radius 2 is 2.13 bits per heavy atom. The molecule has 2 rings (SSSR count). The Balaban J connectivity index is 2.31. The van der Waals surface area contributed by atoms with E-state index in [1.807, 2.05) is 0 Å². The molecule has 6 nitrogen and oxygen atoms in total. The van der Waals surface area contributed by atoms with E-state index >= 15 is 0 Å². The Hall–Kier alpha value is -1.31. The lowest BCUT2D eigenvalue weighted by molar-refractivity contribution is -0.140. The van der Waals surface area contributed by atoms with E-state index < -0.39 is 22.0 Å². The van der Waals surface area contributed by atoms with Gasteiger partial charge < -0.3 is 9.84 Å². The van der Waals surface area contributed by atoms with Gasteiger partial charge in [-0.05, 0) is 43.9 Å². The normalized spacial score (nSPS) is 16.9. The van der Waals surface area contributed by atoms with E-state index in [0.29, 0.717) is 12.5 Å². The van der Waals surface area contributed by atoms with Crippen LogP contribution in [0, 0.1) is 5.92 Å². The zero-order valence-electron chi connectivity index (χ0n) is 13.0. The number of carboxylic acids is 1. The van der Waals surface area contributed by atoms with Crippen LogP contribution in [0.2, 0.25) is 5.02 Å². The van der Waals surface area contributed by atoms with Crippen LogP contribution in [0.1, 0.15) is 26.2 Å². The van der Waals surface area contributed by atoms with Crippen molar-refractivity contribution in [1.82, 2.24) is 4.31 Å². The predicted molar refractivity (Wildman–Crippen MR) is 86.3 cm³/mol. The summed E-state index contributed by atoms with van der Waals surface area (Å²) in [6.07, 6.45) is 3.32. The molecule has 1 saturated carbocycles. The Bertz CT molecular complexity index is 687. The lowest BCUT2D eigenvalue weighted by Gasteiger charge is -2.26. The monoisotopic (exact) mass is 361 g/mol. The van der Waals surface area contributed by atoms with Crippen LogP contribution in [0.25, 0.3) is 0 Å². The minimum absolute atomic E-state index is 0.111. The third-order valence-electron chi connectivity index (χ3n) is 4.16. The SMILES string of the molecule is CC(C(=O)O)N(C)S(=O)(=O)c1cc(Cl)ccc1OCC1CCC1. The number of carbonyl (C=O) groups is 1. The van der Waals surface area contributed by atoms with E-state index in [4.69, 9.17) is 21.4 Å². The number of hydrogen-bond acceptors (Lipinski definition) is 4. The molecule has 0 amide bonds. The number of sulfonamides is 1. The first-order chi connectivity index (χ1) is 10.7. The number of aliphatic carboxylic acids is 1. The standard InChI is InChI=1S/C15H20ClNO5S/c1-10(15(18)19)17(2)23(20,21)14-8-12(16)6-7-13(14)22-9-11-4-3-5-11/h6-8,10-11H,3-5,9H2,1-2H3,(H,18,19). The summed E-state index contributed by atoms with van der Waals surface area (Å²) in [5.41, 5.74) is 0. The highest BCUT2D eigenvalue weighted by atomic mass is 35.5. The Morgan fingerprint density at radius 1 is 1.48 bits per heavy atom. The molecule has 8 heteroatoms. The predicted octanol–water partition coefficient (Wildman–Crippen LogP) is 2.61. The van der Waals surface area contributed by atoms with Gasteiger partial charge in [-0.25, -0.2) is 8.42 Å². The highest BCUT2D eigenvalue weighted by Gasteiger charge is 2.32. The summed E-state index contributed by atoms with van der Waals surface area (Å²) in [7, 11) is -2.80. The zero-order chi connectivity index (χ0) is 17.2. The first kappa shape index (κ1) is 18.0. The number of carboxylic acid groups (broad SMARTS) is 1. The molecule has 1 aliphatic rings. The van der Waals surface area contributed by atoms with Crippen LogP contribution in [-0.2, 0) is 14.8 Å². The van der Waals surface area contributed by atoms with Gasteiger partial charge in [-0.15, -0.1) is 0 Å².